The lowest BCUT2D eigenvalue weighted by Gasteiger charge is -2.35. The maximum Gasteiger partial charge on any atom is 0.238 e. The van der Waals surface area contributed by atoms with Crippen molar-refractivity contribution >= 4 is 5.91 Å². The SMILES string of the molecule is CCN(C(C)Cc1ccc2c(c1)OCO2)C(C)NC(=O)C(N)C(C)C. The lowest BCUT2D eigenvalue weighted by molar-refractivity contribution is -0.125. The number of nitrogens with two attached hydrogens (primary N) is 1. The zero-order valence-electron chi connectivity index (χ0n) is 15.9. The van der Waals surface area contributed by atoms with Crippen LogP contribution in [0.2, 0.25) is 0 Å². The highest BCUT2D eigenvalue weighted by atomic mass is 16.7. The molecule has 6 heteroatoms. The topological polar surface area (TPSA) is 76.8 Å². The number of nitrogens with one attached hydrogen (secondary N) is 1. The van der Waals surface area contributed by atoms with Crippen molar-refractivity contribution in [3.63, 3.8) is 0 Å². The number of carbonyl (C=O) groups excluding carboxylic acids is 1. The molecule has 0 bridgehead atoms. The van der Waals surface area contributed by atoms with Crippen LogP contribution in [0.1, 0.15) is 40.2 Å². The van der Waals surface area contributed by atoms with Gasteiger partial charge in [0.2, 0.25) is 12.7 Å². The number of amides is 1. The molecule has 1 aromatic carbocycles. The molecule has 0 radical (unpaired) electrons. The Morgan fingerprint density at radius 3 is 2.56 bits per heavy atom. The number of hydrogen-bond donors (Lipinski definition) is 2. The molecular formula is C19H31N3O3. The van der Waals surface area contributed by atoms with Gasteiger partial charge in [0.1, 0.15) is 0 Å². The summed E-state index contributed by atoms with van der Waals surface area (Å²) in [4.78, 5) is 14.5. The second-order valence-electron chi connectivity index (χ2n) is 7.03. The van der Waals surface area contributed by atoms with Gasteiger partial charge in [0, 0.05) is 6.04 Å². The Morgan fingerprint density at radius 1 is 1.24 bits per heavy atom. The summed E-state index contributed by atoms with van der Waals surface area (Å²) in [6.45, 7) is 11.3. The van der Waals surface area contributed by atoms with Gasteiger partial charge in [-0.25, -0.2) is 0 Å². The average Bonchev–Trinajstić information content (AvgIpc) is 3.02. The second-order valence-corrected chi connectivity index (χ2v) is 7.03. The van der Waals surface area contributed by atoms with E-state index in [0.29, 0.717) is 0 Å². The van der Waals surface area contributed by atoms with E-state index in [1.165, 1.54) is 5.56 Å². The van der Waals surface area contributed by atoms with Gasteiger partial charge < -0.3 is 20.5 Å². The van der Waals surface area contributed by atoms with Crippen LogP contribution in [0, 0.1) is 5.92 Å². The van der Waals surface area contributed by atoms with Crippen molar-refractivity contribution in [2.45, 2.75) is 59.3 Å². The highest BCUT2D eigenvalue weighted by Gasteiger charge is 2.24. The number of rotatable bonds is 8. The fourth-order valence-corrected chi connectivity index (χ4v) is 3.18. The molecule has 25 heavy (non-hydrogen) atoms. The van der Waals surface area contributed by atoms with E-state index in [9.17, 15) is 4.79 Å². The summed E-state index contributed by atoms with van der Waals surface area (Å²) in [5, 5.41) is 3.04. The molecule has 1 amide bonds. The predicted molar refractivity (Wildman–Crippen MR) is 98.5 cm³/mol. The van der Waals surface area contributed by atoms with E-state index in [0.717, 1.165) is 24.5 Å². The smallest absolute Gasteiger partial charge is 0.238 e. The summed E-state index contributed by atoms with van der Waals surface area (Å²) in [6, 6.07) is 5.83. The molecule has 1 aromatic rings. The second kappa shape index (κ2) is 8.54. The summed E-state index contributed by atoms with van der Waals surface area (Å²) in [6.07, 6.45) is 0.785. The molecule has 3 atom stereocenters. The van der Waals surface area contributed by atoms with Gasteiger partial charge in [0.05, 0.1) is 12.2 Å². The van der Waals surface area contributed by atoms with Crippen molar-refractivity contribution in [1.82, 2.24) is 10.2 Å². The Kier molecular flexibility index (Phi) is 6.67. The van der Waals surface area contributed by atoms with Crippen molar-refractivity contribution in [1.29, 1.82) is 0 Å². The van der Waals surface area contributed by atoms with E-state index in [-0.39, 0.29) is 30.8 Å². The number of ether oxygens (including phenoxy) is 2. The Morgan fingerprint density at radius 2 is 1.92 bits per heavy atom. The number of benzene rings is 1. The zero-order chi connectivity index (χ0) is 18.6. The third-order valence-electron chi connectivity index (χ3n) is 4.77. The Labute approximate surface area is 150 Å². The number of hydrogen-bond acceptors (Lipinski definition) is 5. The van der Waals surface area contributed by atoms with Crippen molar-refractivity contribution in [3.05, 3.63) is 23.8 Å². The van der Waals surface area contributed by atoms with Crippen molar-refractivity contribution < 1.29 is 14.3 Å². The standard InChI is InChI=1S/C19H31N3O3/c1-6-22(14(5)21-19(23)18(20)12(2)3)13(4)9-15-7-8-16-17(10-15)25-11-24-16/h7-8,10,12-14,18H,6,9,11,20H2,1-5H3,(H,21,23). The Bertz CT molecular complexity index is 591. The molecule has 2 rings (SSSR count). The molecule has 1 aliphatic rings. The van der Waals surface area contributed by atoms with Crippen LogP contribution in [-0.2, 0) is 11.2 Å². The third kappa shape index (κ3) is 4.86. The van der Waals surface area contributed by atoms with E-state index in [1.54, 1.807) is 0 Å². The van der Waals surface area contributed by atoms with Crippen LogP contribution in [0.4, 0.5) is 0 Å². The van der Waals surface area contributed by atoms with Gasteiger partial charge in [-0.15, -0.1) is 0 Å². The molecule has 1 heterocycles. The fourth-order valence-electron chi connectivity index (χ4n) is 3.18. The largest absolute Gasteiger partial charge is 0.454 e. The van der Waals surface area contributed by atoms with Crippen LogP contribution in [-0.4, -0.2) is 42.4 Å². The Balaban J connectivity index is 1.97. The average molecular weight is 349 g/mol. The third-order valence-corrected chi connectivity index (χ3v) is 4.77. The van der Waals surface area contributed by atoms with Gasteiger partial charge in [-0.05, 0) is 50.4 Å². The van der Waals surface area contributed by atoms with Gasteiger partial charge in [0.15, 0.2) is 11.5 Å². The maximum atomic E-state index is 12.2. The zero-order valence-corrected chi connectivity index (χ0v) is 15.9. The van der Waals surface area contributed by atoms with Crippen LogP contribution in [0.15, 0.2) is 18.2 Å². The molecule has 0 spiro atoms. The predicted octanol–water partition coefficient (Wildman–Crippen LogP) is 2.11. The first-order valence-corrected chi connectivity index (χ1v) is 9.03. The molecule has 140 valence electrons. The number of nitrogens with zero attached hydrogens (tertiary/aromatic N) is 1. The summed E-state index contributed by atoms with van der Waals surface area (Å²) in [5.74, 6) is 1.62. The van der Waals surface area contributed by atoms with Gasteiger partial charge in [0.25, 0.3) is 0 Å². The highest BCUT2D eigenvalue weighted by molar-refractivity contribution is 5.81. The van der Waals surface area contributed by atoms with Crippen molar-refractivity contribution in [3.8, 4) is 11.5 Å². The lowest BCUT2D eigenvalue weighted by Crippen LogP contribution is -2.55. The van der Waals surface area contributed by atoms with Crippen molar-refractivity contribution in [2.75, 3.05) is 13.3 Å². The minimum atomic E-state index is -0.481. The molecule has 0 saturated carbocycles. The minimum absolute atomic E-state index is 0.0775. The number of carbonyl (C=O) groups is 1. The molecule has 0 saturated heterocycles. The van der Waals surface area contributed by atoms with Crippen LogP contribution in [0.25, 0.3) is 0 Å². The normalized spacial score (nSPS) is 16.8. The monoisotopic (exact) mass is 349 g/mol. The molecule has 3 N–H and O–H groups in total. The number of likely N-dealkylation sites (N-methyl/N-ethyl adjacent to an activating group) is 1. The Hall–Kier alpha value is -1.79. The maximum absolute atomic E-state index is 12.2. The first-order valence-electron chi connectivity index (χ1n) is 9.03. The van der Waals surface area contributed by atoms with E-state index >= 15 is 0 Å². The van der Waals surface area contributed by atoms with Crippen molar-refractivity contribution in [2.24, 2.45) is 11.7 Å². The summed E-state index contributed by atoms with van der Waals surface area (Å²) in [5.41, 5.74) is 7.13. The number of fused-ring (bicyclic) bond motifs is 1. The molecule has 0 aromatic heterocycles. The lowest BCUT2D eigenvalue weighted by atomic mass is 10.0. The highest BCUT2D eigenvalue weighted by Crippen LogP contribution is 2.33. The van der Waals surface area contributed by atoms with Gasteiger partial charge in [-0.3, -0.25) is 9.69 Å². The van der Waals surface area contributed by atoms with Crippen LogP contribution >= 0.6 is 0 Å². The fraction of sp³-hybridized carbons (Fsp3) is 0.632. The molecule has 6 nitrogen and oxygen atoms in total. The van der Waals surface area contributed by atoms with Crippen LogP contribution in [0.3, 0.4) is 0 Å². The van der Waals surface area contributed by atoms with Crippen LogP contribution in [0.5, 0.6) is 11.5 Å². The molecule has 3 unspecified atom stereocenters. The van der Waals surface area contributed by atoms with Gasteiger partial charge >= 0.3 is 0 Å². The van der Waals surface area contributed by atoms with E-state index in [1.807, 2.05) is 32.9 Å². The van der Waals surface area contributed by atoms with E-state index in [2.05, 4.69) is 30.1 Å². The van der Waals surface area contributed by atoms with E-state index < -0.39 is 6.04 Å². The van der Waals surface area contributed by atoms with Gasteiger partial charge in [-0.1, -0.05) is 26.8 Å². The summed E-state index contributed by atoms with van der Waals surface area (Å²) in [7, 11) is 0. The van der Waals surface area contributed by atoms with E-state index in [4.69, 9.17) is 15.2 Å². The molecule has 0 fully saturated rings. The summed E-state index contributed by atoms with van der Waals surface area (Å²) >= 11 is 0. The summed E-state index contributed by atoms with van der Waals surface area (Å²) < 4.78 is 10.8. The molecule has 0 aliphatic carbocycles. The van der Waals surface area contributed by atoms with Gasteiger partial charge in [-0.2, -0.15) is 0 Å². The quantitative estimate of drug-likeness (QED) is 0.703. The minimum Gasteiger partial charge on any atom is -0.454 e. The first kappa shape index (κ1) is 19.5. The molecule has 1 aliphatic heterocycles. The molecular weight excluding hydrogens is 318 g/mol. The first-order chi connectivity index (χ1) is 11.8. The van der Waals surface area contributed by atoms with Crippen LogP contribution < -0.4 is 20.5 Å².